The van der Waals surface area contributed by atoms with Crippen LogP contribution in [0.2, 0.25) is 0 Å². The zero-order valence-corrected chi connectivity index (χ0v) is 16.4. The Hall–Kier alpha value is -3.09. The standard InChI is InChI=1S/C21H22O7/c1-6-11(2)20(24)27-18-16-14(28-21(4,5)19(18)25-12(3)22)9-7-13-8-10-15(23)26-17(13)16/h6-10,18-19H,1-5H3/t18-,19+/m1/s1. The van der Waals surface area contributed by atoms with E-state index in [0.29, 0.717) is 22.3 Å². The van der Waals surface area contributed by atoms with Crippen molar-refractivity contribution >= 4 is 22.9 Å². The van der Waals surface area contributed by atoms with Crippen molar-refractivity contribution in [1.82, 2.24) is 0 Å². The Morgan fingerprint density at radius 1 is 1.11 bits per heavy atom. The first-order valence-electron chi connectivity index (χ1n) is 8.91. The highest BCUT2D eigenvalue weighted by atomic mass is 16.6. The van der Waals surface area contributed by atoms with Crippen LogP contribution >= 0.6 is 0 Å². The summed E-state index contributed by atoms with van der Waals surface area (Å²) in [6, 6.07) is 6.37. The summed E-state index contributed by atoms with van der Waals surface area (Å²) in [4.78, 5) is 36.1. The molecule has 2 atom stereocenters. The lowest BCUT2D eigenvalue weighted by Gasteiger charge is -2.43. The summed E-state index contributed by atoms with van der Waals surface area (Å²) in [7, 11) is 0. The van der Waals surface area contributed by atoms with Crippen LogP contribution in [0.1, 0.15) is 46.3 Å². The number of esters is 2. The van der Waals surface area contributed by atoms with E-state index in [2.05, 4.69) is 0 Å². The Labute approximate surface area is 161 Å². The first-order valence-corrected chi connectivity index (χ1v) is 8.91. The maximum atomic E-state index is 12.5. The molecule has 0 saturated carbocycles. The molecule has 7 nitrogen and oxygen atoms in total. The van der Waals surface area contributed by atoms with Crippen LogP contribution in [0.25, 0.3) is 11.0 Å². The Balaban J connectivity index is 2.25. The maximum Gasteiger partial charge on any atom is 0.336 e. The van der Waals surface area contributed by atoms with Gasteiger partial charge in [-0.05, 0) is 45.9 Å². The van der Waals surface area contributed by atoms with Gasteiger partial charge in [-0.2, -0.15) is 0 Å². The normalized spacial score (nSPS) is 20.8. The molecule has 0 spiro atoms. The van der Waals surface area contributed by atoms with Gasteiger partial charge >= 0.3 is 17.6 Å². The van der Waals surface area contributed by atoms with Gasteiger partial charge in [0.15, 0.2) is 12.2 Å². The Morgan fingerprint density at radius 3 is 2.43 bits per heavy atom. The Bertz CT molecular complexity index is 1030. The summed E-state index contributed by atoms with van der Waals surface area (Å²) < 4.78 is 22.7. The van der Waals surface area contributed by atoms with E-state index < -0.39 is 35.4 Å². The molecular weight excluding hydrogens is 364 g/mol. The molecule has 0 bridgehead atoms. The molecule has 3 rings (SSSR count). The third-order valence-electron chi connectivity index (χ3n) is 4.69. The number of carbonyl (C=O) groups is 2. The molecule has 148 valence electrons. The molecule has 0 radical (unpaired) electrons. The molecule has 0 aliphatic carbocycles. The van der Waals surface area contributed by atoms with Crippen molar-refractivity contribution in [3.8, 4) is 5.75 Å². The number of benzene rings is 1. The summed E-state index contributed by atoms with van der Waals surface area (Å²) in [5.74, 6) is -0.717. The molecule has 2 heterocycles. The molecular formula is C21H22O7. The number of rotatable bonds is 3. The van der Waals surface area contributed by atoms with Crippen LogP contribution in [-0.4, -0.2) is 23.6 Å². The van der Waals surface area contributed by atoms with Crippen LogP contribution in [-0.2, 0) is 19.1 Å². The minimum Gasteiger partial charge on any atom is -0.483 e. The lowest BCUT2D eigenvalue weighted by atomic mass is 9.87. The molecule has 28 heavy (non-hydrogen) atoms. The van der Waals surface area contributed by atoms with Crippen LogP contribution in [0, 0.1) is 0 Å². The highest BCUT2D eigenvalue weighted by Crippen LogP contribution is 2.46. The predicted molar refractivity (Wildman–Crippen MR) is 101 cm³/mol. The third-order valence-corrected chi connectivity index (χ3v) is 4.69. The zero-order chi connectivity index (χ0) is 20.6. The van der Waals surface area contributed by atoms with Crippen molar-refractivity contribution in [2.24, 2.45) is 0 Å². The van der Waals surface area contributed by atoms with Crippen LogP contribution in [0.3, 0.4) is 0 Å². The fraction of sp³-hybridized carbons (Fsp3) is 0.381. The van der Waals surface area contributed by atoms with E-state index in [-0.39, 0.29) is 5.58 Å². The molecule has 0 N–H and O–H groups in total. The fourth-order valence-electron chi connectivity index (χ4n) is 3.18. The van der Waals surface area contributed by atoms with Gasteiger partial charge in [0.25, 0.3) is 0 Å². The molecule has 0 amide bonds. The van der Waals surface area contributed by atoms with Gasteiger partial charge in [0.05, 0.1) is 5.56 Å². The van der Waals surface area contributed by atoms with Crippen LogP contribution in [0.15, 0.2) is 45.1 Å². The first kappa shape index (κ1) is 19.7. The number of fused-ring (bicyclic) bond motifs is 3. The second-order valence-electron chi connectivity index (χ2n) is 7.18. The van der Waals surface area contributed by atoms with Crippen molar-refractivity contribution in [2.75, 3.05) is 0 Å². The lowest BCUT2D eigenvalue weighted by molar-refractivity contribution is -0.186. The Kier molecular flexibility index (Phi) is 5.02. The van der Waals surface area contributed by atoms with Crippen molar-refractivity contribution in [3.05, 3.63) is 51.9 Å². The molecule has 1 aromatic heterocycles. The molecule has 0 saturated heterocycles. The van der Waals surface area contributed by atoms with Crippen molar-refractivity contribution in [3.63, 3.8) is 0 Å². The summed E-state index contributed by atoms with van der Waals surface area (Å²) in [5, 5.41) is 0.632. The molecule has 1 aromatic carbocycles. The number of hydrogen-bond acceptors (Lipinski definition) is 7. The minimum absolute atomic E-state index is 0.230. The van der Waals surface area contributed by atoms with Gasteiger partial charge in [0.1, 0.15) is 16.9 Å². The maximum absolute atomic E-state index is 12.5. The number of carbonyl (C=O) groups excluding carboxylic acids is 2. The molecule has 7 heteroatoms. The summed E-state index contributed by atoms with van der Waals surface area (Å²) in [6.07, 6.45) is -0.334. The largest absolute Gasteiger partial charge is 0.483 e. The number of hydrogen-bond donors (Lipinski definition) is 0. The molecule has 2 aromatic rings. The van der Waals surface area contributed by atoms with Crippen LogP contribution in [0.4, 0.5) is 0 Å². The van der Waals surface area contributed by atoms with Crippen molar-refractivity contribution in [1.29, 1.82) is 0 Å². The van der Waals surface area contributed by atoms with Gasteiger partial charge in [-0.3, -0.25) is 4.79 Å². The van der Waals surface area contributed by atoms with Gasteiger partial charge in [-0.15, -0.1) is 0 Å². The second kappa shape index (κ2) is 7.14. The highest BCUT2D eigenvalue weighted by Gasteiger charge is 2.49. The van der Waals surface area contributed by atoms with Gasteiger partial charge in [0.2, 0.25) is 0 Å². The lowest BCUT2D eigenvalue weighted by Crippen LogP contribution is -2.52. The smallest absolute Gasteiger partial charge is 0.336 e. The monoisotopic (exact) mass is 386 g/mol. The van der Waals surface area contributed by atoms with E-state index in [9.17, 15) is 14.4 Å². The molecule has 1 aliphatic heterocycles. The van der Waals surface area contributed by atoms with E-state index >= 15 is 0 Å². The van der Waals surface area contributed by atoms with E-state index in [1.54, 1.807) is 52.0 Å². The van der Waals surface area contributed by atoms with Crippen molar-refractivity contribution in [2.45, 2.75) is 52.4 Å². The molecule has 0 unspecified atom stereocenters. The third kappa shape index (κ3) is 3.52. The van der Waals surface area contributed by atoms with E-state index in [1.165, 1.54) is 13.0 Å². The van der Waals surface area contributed by atoms with Gasteiger partial charge in [0, 0.05) is 23.9 Å². The highest BCUT2D eigenvalue weighted by molar-refractivity contribution is 5.89. The molecule has 0 fully saturated rings. The van der Waals surface area contributed by atoms with Gasteiger partial charge in [-0.25, -0.2) is 9.59 Å². The minimum atomic E-state index is -1.01. The van der Waals surface area contributed by atoms with Crippen molar-refractivity contribution < 1.29 is 28.2 Å². The van der Waals surface area contributed by atoms with Crippen LogP contribution in [0.5, 0.6) is 5.75 Å². The number of ether oxygens (including phenoxy) is 3. The first-order chi connectivity index (χ1) is 13.1. The number of allylic oxidation sites excluding steroid dienone is 1. The summed E-state index contributed by atoms with van der Waals surface area (Å²) >= 11 is 0. The van der Waals surface area contributed by atoms with Crippen LogP contribution < -0.4 is 10.4 Å². The average molecular weight is 386 g/mol. The van der Waals surface area contributed by atoms with E-state index in [4.69, 9.17) is 18.6 Å². The van der Waals surface area contributed by atoms with E-state index in [1.807, 2.05) is 0 Å². The van der Waals surface area contributed by atoms with E-state index in [0.717, 1.165) is 0 Å². The SMILES string of the molecule is CC=C(C)C(=O)O[C@@H]1c2c(ccc3ccc(=O)oc23)OC(C)(C)[C@H]1OC(C)=O. The second-order valence-corrected chi connectivity index (χ2v) is 7.18. The summed E-state index contributed by atoms with van der Waals surface area (Å²) in [6.45, 7) is 8.08. The van der Waals surface area contributed by atoms with Gasteiger partial charge in [-0.1, -0.05) is 6.08 Å². The predicted octanol–water partition coefficient (Wildman–Crippen LogP) is 3.45. The quantitative estimate of drug-likeness (QED) is 0.453. The fourth-order valence-corrected chi connectivity index (χ4v) is 3.18. The zero-order valence-electron chi connectivity index (χ0n) is 16.4. The molecule has 1 aliphatic rings. The summed E-state index contributed by atoms with van der Waals surface area (Å²) in [5.41, 5.74) is -0.555. The van der Waals surface area contributed by atoms with Gasteiger partial charge < -0.3 is 18.6 Å². The average Bonchev–Trinajstić information content (AvgIpc) is 2.62. The topological polar surface area (TPSA) is 92.0 Å². The Morgan fingerprint density at radius 2 is 1.79 bits per heavy atom.